The third kappa shape index (κ3) is 3.05. The molecular weight excluding hydrogens is 240 g/mol. The second-order valence-electron chi connectivity index (χ2n) is 3.69. The zero-order valence-corrected chi connectivity index (χ0v) is 10.5. The van der Waals surface area contributed by atoms with Gasteiger partial charge in [-0.3, -0.25) is 0 Å². The molecule has 2 heterocycles. The molecule has 1 atom stereocenters. The molecular formula is C10H14N4S2. The molecule has 1 fully saturated rings. The van der Waals surface area contributed by atoms with Crippen LogP contribution >= 0.6 is 24.0 Å². The number of aromatic nitrogens is 2. The van der Waals surface area contributed by atoms with Crippen LogP contribution in [-0.2, 0) is 0 Å². The summed E-state index contributed by atoms with van der Waals surface area (Å²) in [6.45, 7) is 0. The second-order valence-corrected chi connectivity index (χ2v) is 5.28. The minimum atomic E-state index is 0.309. The van der Waals surface area contributed by atoms with E-state index in [9.17, 15) is 0 Å². The second kappa shape index (κ2) is 5.45. The first-order valence-electron chi connectivity index (χ1n) is 5.23. The molecule has 0 spiro atoms. The number of thiocarbonyl (C=S) groups is 1. The zero-order valence-electron chi connectivity index (χ0n) is 8.85. The molecule has 1 saturated heterocycles. The van der Waals surface area contributed by atoms with Gasteiger partial charge in [0.15, 0.2) is 0 Å². The van der Waals surface area contributed by atoms with E-state index in [1.165, 1.54) is 18.6 Å². The van der Waals surface area contributed by atoms with Gasteiger partial charge in [0, 0.05) is 18.0 Å². The summed E-state index contributed by atoms with van der Waals surface area (Å²) in [6.07, 6.45) is 4.10. The molecule has 4 nitrogen and oxygen atoms in total. The lowest BCUT2D eigenvalue weighted by Crippen LogP contribution is -2.27. The molecule has 86 valence electrons. The number of hydrogen-bond donors (Lipinski definition) is 2. The molecule has 2 rings (SSSR count). The standard InChI is InChI=1S/C10H14N4S2/c11-9(15)8-3-4-12-10(14-8)13-7-2-1-5-16-6-7/h3-4,7H,1-2,5-6H2,(H2,11,15)(H,12,13,14). The van der Waals surface area contributed by atoms with Crippen molar-refractivity contribution in [2.24, 2.45) is 5.73 Å². The van der Waals surface area contributed by atoms with Crippen LogP contribution in [0.25, 0.3) is 0 Å². The number of nitrogens with two attached hydrogens (primary N) is 1. The maximum Gasteiger partial charge on any atom is 0.223 e. The molecule has 0 aromatic carbocycles. The van der Waals surface area contributed by atoms with Crippen molar-refractivity contribution < 1.29 is 0 Å². The van der Waals surface area contributed by atoms with Gasteiger partial charge in [-0.1, -0.05) is 12.2 Å². The highest BCUT2D eigenvalue weighted by atomic mass is 32.2. The first-order valence-corrected chi connectivity index (χ1v) is 6.79. The fraction of sp³-hybridized carbons (Fsp3) is 0.500. The highest BCUT2D eigenvalue weighted by Crippen LogP contribution is 2.19. The summed E-state index contributed by atoms with van der Waals surface area (Å²) in [5, 5.41) is 3.32. The molecule has 1 aromatic rings. The molecule has 1 unspecified atom stereocenters. The Balaban J connectivity index is 2.02. The van der Waals surface area contributed by atoms with E-state index < -0.39 is 0 Å². The van der Waals surface area contributed by atoms with Crippen LogP contribution in [0, 0.1) is 0 Å². The van der Waals surface area contributed by atoms with Gasteiger partial charge in [-0.05, 0) is 24.7 Å². The lowest BCUT2D eigenvalue weighted by molar-refractivity contribution is 0.678. The maximum absolute atomic E-state index is 5.53. The van der Waals surface area contributed by atoms with E-state index in [0.29, 0.717) is 22.7 Å². The monoisotopic (exact) mass is 254 g/mol. The van der Waals surface area contributed by atoms with Gasteiger partial charge < -0.3 is 11.1 Å². The van der Waals surface area contributed by atoms with Crippen molar-refractivity contribution in [3.05, 3.63) is 18.0 Å². The first kappa shape index (κ1) is 11.6. The molecule has 1 aliphatic rings. The molecule has 16 heavy (non-hydrogen) atoms. The van der Waals surface area contributed by atoms with Crippen LogP contribution < -0.4 is 11.1 Å². The van der Waals surface area contributed by atoms with Crippen LogP contribution in [0.2, 0.25) is 0 Å². The maximum atomic E-state index is 5.53. The van der Waals surface area contributed by atoms with Gasteiger partial charge in [-0.15, -0.1) is 0 Å². The van der Waals surface area contributed by atoms with Crippen molar-refractivity contribution >= 4 is 34.9 Å². The first-order chi connectivity index (χ1) is 7.75. The summed E-state index contributed by atoms with van der Waals surface area (Å²) >= 11 is 6.85. The molecule has 0 saturated carbocycles. The third-order valence-corrected chi connectivity index (χ3v) is 3.83. The lowest BCUT2D eigenvalue weighted by Gasteiger charge is -2.22. The summed E-state index contributed by atoms with van der Waals surface area (Å²) in [4.78, 5) is 8.75. The molecule has 0 radical (unpaired) electrons. The average Bonchev–Trinajstić information content (AvgIpc) is 2.30. The molecule has 3 N–H and O–H groups in total. The van der Waals surface area contributed by atoms with Crippen LogP contribution in [0.3, 0.4) is 0 Å². The number of hydrogen-bond acceptors (Lipinski definition) is 5. The van der Waals surface area contributed by atoms with Gasteiger partial charge in [0.05, 0.1) is 0 Å². The van der Waals surface area contributed by atoms with E-state index >= 15 is 0 Å². The molecule has 0 aliphatic carbocycles. The topological polar surface area (TPSA) is 63.8 Å². The Hall–Kier alpha value is -0.880. The molecule has 0 amide bonds. The minimum Gasteiger partial charge on any atom is -0.388 e. The largest absolute Gasteiger partial charge is 0.388 e. The highest BCUT2D eigenvalue weighted by Gasteiger charge is 2.14. The van der Waals surface area contributed by atoms with Gasteiger partial charge >= 0.3 is 0 Å². The minimum absolute atomic E-state index is 0.309. The number of anilines is 1. The van der Waals surface area contributed by atoms with Crippen LogP contribution in [-0.4, -0.2) is 32.5 Å². The predicted molar refractivity (Wildman–Crippen MR) is 71.9 cm³/mol. The number of nitrogens with zero attached hydrogens (tertiary/aromatic N) is 2. The fourth-order valence-electron chi connectivity index (χ4n) is 1.60. The van der Waals surface area contributed by atoms with Crippen molar-refractivity contribution in [2.75, 3.05) is 16.8 Å². The average molecular weight is 254 g/mol. The van der Waals surface area contributed by atoms with E-state index in [-0.39, 0.29) is 0 Å². The van der Waals surface area contributed by atoms with Crippen molar-refractivity contribution in [1.29, 1.82) is 0 Å². The normalized spacial score (nSPS) is 20.4. The van der Waals surface area contributed by atoms with Crippen LogP contribution in [0.4, 0.5) is 5.95 Å². The van der Waals surface area contributed by atoms with Crippen molar-refractivity contribution in [3.8, 4) is 0 Å². The summed E-state index contributed by atoms with van der Waals surface area (Å²) in [7, 11) is 0. The third-order valence-electron chi connectivity index (χ3n) is 2.40. The Morgan fingerprint density at radius 3 is 3.19 bits per heavy atom. The summed E-state index contributed by atoms with van der Waals surface area (Å²) < 4.78 is 0. The fourth-order valence-corrected chi connectivity index (χ4v) is 2.79. The van der Waals surface area contributed by atoms with Crippen LogP contribution in [0.1, 0.15) is 18.5 Å². The summed E-state index contributed by atoms with van der Waals surface area (Å²) in [5.41, 5.74) is 6.15. The lowest BCUT2D eigenvalue weighted by atomic mass is 10.2. The van der Waals surface area contributed by atoms with Crippen molar-refractivity contribution in [2.45, 2.75) is 18.9 Å². The Kier molecular flexibility index (Phi) is 3.95. The Bertz CT molecular complexity index is 377. The van der Waals surface area contributed by atoms with Gasteiger partial charge in [0.1, 0.15) is 10.7 Å². The van der Waals surface area contributed by atoms with E-state index in [0.717, 1.165) is 5.75 Å². The number of thioether (sulfide) groups is 1. The van der Waals surface area contributed by atoms with Crippen molar-refractivity contribution in [1.82, 2.24) is 9.97 Å². The smallest absolute Gasteiger partial charge is 0.223 e. The Morgan fingerprint density at radius 1 is 1.62 bits per heavy atom. The van der Waals surface area contributed by atoms with E-state index in [2.05, 4.69) is 15.3 Å². The SMILES string of the molecule is NC(=S)c1ccnc(NC2CCCSC2)n1. The molecule has 1 aliphatic heterocycles. The highest BCUT2D eigenvalue weighted by molar-refractivity contribution is 7.99. The van der Waals surface area contributed by atoms with Gasteiger partial charge in [0.2, 0.25) is 5.95 Å². The Morgan fingerprint density at radius 2 is 2.50 bits per heavy atom. The van der Waals surface area contributed by atoms with E-state index in [1.54, 1.807) is 12.3 Å². The summed E-state index contributed by atoms with van der Waals surface area (Å²) in [5.74, 6) is 2.99. The molecule has 0 bridgehead atoms. The number of rotatable bonds is 3. The van der Waals surface area contributed by atoms with E-state index in [4.69, 9.17) is 18.0 Å². The van der Waals surface area contributed by atoms with Crippen molar-refractivity contribution in [3.63, 3.8) is 0 Å². The van der Waals surface area contributed by atoms with E-state index in [1.807, 2.05) is 11.8 Å². The van der Waals surface area contributed by atoms with Crippen LogP contribution in [0.15, 0.2) is 12.3 Å². The zero-order chi connectivity index (χ0) is 11.4. The molecule has 1 aromatic heterocycles. The predicted octanol–water partition coefficient (Wildman–Crippen LogP) is 1.42. The van der Waals surface area contributed by atoms with Crippen LogP contribution in [0.5, 0.6) is 0 Å². The van der Waals surface area contributed by atoms with Gasteiger partial charge in [-0.25, -0.2) is 9.97 Å². The number of nitrogens with one attached hydrogen (secondary N) is 1. The Labute approximate surface area is 104 Å². The quantitative estimate of drug-likeness (QED) is 0.795. The van der Waals surface area contributed by atoms with Gasteiger partial charge in [-0.2, -0.15) is 11.8 Å². The summed E-state index contributed by atoms with van der Waals surface area (Å²) in [6, 6.07) is 2.18. The van der Waals surface area contributed by atoms with Gasteiger partial charge in [0.25, 0.3) is 0 Å². The molecule has 6 heteroatoms.